The second-order valence-electron chi connectivity index (χ2n) is 2.56. The standard InChI is InChI=1S/C9H12N2S/c1-12-9(7-10)6-8-2-4-11-5-3-8/h2,6,11H,3-5H2,1H3/b9-6-. The summed E-state index contributed by atoms with van der Waals surface area (Å²) in [5.74, 6) is 0. The number of nitrogens with zero attached hydrogens (tertiary/aromatic N) is 1. The van der Waals surface area contributed by atoms with Gasteiger partial charge in [-0.15, -0.1) is 11.8 Å². The topological polar surface area (TPSA) is 35.8 Å². The molecule has 1 aliphatic rings. The Labute approximate surface area is 77.3 Å². The summed E-state index contributed by atoms with van der Waals surface area (Å²) in [6.07, 6.45) is 7.07. The van der Waals surface area contributed by atoms with Gasteiger partial charge in [0.1, 0.15) is 6.07 Å². The monoisotopic (exact) mass is 180 g/mol. The summed E-state index contributed by atoms with van der Waals surface area (Å²) in [4.78, 5) is 0.795. The van der Waals surface area contributed by atoms with Crippen molar-refractivity contribution in [2.75, 3.05) is 19.3 Å². The van der Waals surface area contributed by atoms with Crippen LogP contribution in [-0.2, 0) is 0 Å². The molecule has 0 aliphatic carbocycles. The van der Waals surface area contributed by atoms with Crippen molar-refractivity contribution in [3.8, 4) is 6.07 Å². The Morgan fingerprint density at radius 2 is 2.67 bits per heavy atom. The molecule has 0 fully saturated rings. The maximum Gasteiger partial charge on any atom is 0.106 e. The van der Waals surface area contributed by atoms with Crippen molar-refractivity contribution < 1.29 is 0 Å². The van der Waals surface area contributed by atoms with Crippen molar-refractivity contribution in [2.24, 2.45) is 0 Å². The Kier molecular flexibility index (Phi) is 3.92. The molecule has 0 bridgehead atoms. The van der Waals surface area contributed by atoms with Gasteiger partial charge in [0, 0.05) is 6.54 Å². The predicted octanol–water partition coefficient (Wildman–Crippen LogP) is 1.68. The van der Waals surface area contributed by atoms with Crippen LogP contribution in [0.3, 0.4) is 0 Å². The van der Waals surface area contributed by atoms with Crippen LogP contribution in [0.2, 0.25) is 0 Å². The zero-order valence-corrected chi connectivity index (χ0v) is 7.95. The van der Waals surface area contributed by atoms with E-state index in [9.17, 15) is 0 Å². The zero-order chi connectivity index (χ0) is 8.81. The van der Waals surface area contributed by atoms with Gasteiger partial charge in [-0.05, 0) is 30.9 Å². The minimum Gasteiger partial charge on any atom is -0.313 e. The molecule has 2 nitrogen and oxygen atoms in total. The Hall–Kier alpha value is -0.720. The Morgan fingerprint density at radius 1 is 1.83 bits per heavy atom. The molecule has 3 heteroatoms. The fourth-order valence-corrected chi connectivity index (χ4v) is 1.44. The summed E-state index contributed by atoms with van der Waals surface area (Å²) in [7, 11) is 0. The molecule has 64 valence electrons. The molecule has 0 aromatic rings. The highest BCUT2D eigenvalue weighted by Crippen LogP contribution is 2.15. The normalized spacial score (nSPS) is 18.3. The van der Waals surface area contributed by atoms with Gasteiger partial charge in [-0.3, -0.25) is 0 Å². The van der Waals surface area contributed by atoms with Crippen LogP contribution in [0, 0.1) is 11.3 Å². The van der Waals surface area contributed by atoms with Crippen molar-refractivity contribution in [1.29, 1.82) is 5.26 Å². The van der Waals surface area contributed by atoms with Crippen LogP contribution >= 0.6 is 11.8 Å². The maximum absolute atomic E-state index is 8.67. The molecule has 0 spiro atoms. The number of nitriles is 1. The van der Waals surface area contributed by atoms with E-state index in [0.717, 1.165) is 24.4 Å². The lowest BCUT2D eigenvalue weighted by molar-refractivity contribution is 0.712. The van der Waals surface area contributed by atoms with E-state index in [1.807, 2.05) is 12.3 Å². The van der Waals surface area contributed by atoms with Gasteiger partial charge in [0.25, 0.3) is 0 Å². The van der Waals surface area contributed by atoms with Gasteiger partial charge < -0.3 is 5.32 Å². The van der Waals surface area contributed by atoms with E-state index in [1.165, 1.54) is 17.3 Å². The minimum atomic E-state index is 0.795. The van der Waals surface area contributed by atoms with Crippen LogP contribution in [0.1, 0.15) is 6.42 Å². The van der Waals surface area contributed by atoms with Crippen LogP contribution in [0.25, 0.3) is 0 Å². The lowest BCUT2D eigenvalue weighted by atomic mass is 10.1. The lowest BCUT2D eigenvalue weighted by Gasteiger charge is -2.10. The molecule has 0 saturated heterocycles. The molecular weight excluding hydrogens is 168 g/mol. The van der Waals surface area contributed by atoms with Gasteiger partial charge in [-0.25, -0.2) is 0 Å². The predicted molar refractivity (Wildman–Crippen MR) is 52.8 cm³/mol. The van der Waals surface area contributed by atoms with Crippen molar-refractivity contribution in [3.63, 3.8) is 0 Å². The first-order valence-corrected chi connectivity index (χ1v) is 5.15. The van der Waals surface area contributed by atoms with Crippen molar-refractivity contribution in [1.82, 2.24) is 5.32 Å². The molecule has 1 heterocycles. The third-order valence-electron chi connectivity index (χ3n) is 1.75. The Morgan fingerprint density at radius 3 is 3.17 bits per heavy atom. The van der Waals surface area contributed by atoms with E-state index in [0.29, 0.717) is 0 Å². The van der Waals surface area contributed by atoms with Gasteiger partial charge in [-0.1, -0.05) is 6.08 Å². The van der Waals surface area contributed by atoms with Crippen LogP contribution in [-0.4, -0.2) is 19.3 Å². The minimum absolute atomic E-state index is 0.795. The molecule has 0 saturated carbocycles. The van der Waals surface area contributed by atoms with Crippen LogP contribution in [0.4, 0.5) is 0 Å². The molecule has 0 aromatic heterocycles. The van der Waals surface area contributed by atoms with Gasteiger partial charge in [-0.2, -0.15) is 5.26 Å². The highest BCUT2D eigenvalue weighted by molar-refractivity contribution is 8.02. The van der Waals surface area contributed by atoms with Gasteiger partial charge in [0.2, 0.25) is 0 Å². The number of allylic oxidation sites excluding steroid dienone is 2. The van der Waals surface area contributed by atoms with Gasteiger partial charge in [0.15, 0.2) is 0 Å². The van der Waals surface area contributed by atoms with Crippen LogP contribution in [0.5, 0.6) is 0 Å². The van der Waals surface area contributed by atoms with Gasteiger partial charge in [0.05, 0.1) is 4.91 Å². The van der Waals surface area contributed by atoms with E-state index < -0.39 is 0 Å². The molecular formula is C9H12N2S. The average Bonchev–Trinajstić information content (AvgIpc) is 2.16. The second kappa shape index (κ2) is 5.02. The highest BCUT2D eigenvalue weighted by atomic mass is 32.2. The molecule has 0 unspecified atom stereocenters. The number of rotatable bonds is 2. The highest BCUT2D eigenvalue weighted by Gasteiger charge is 2.01. The molecule has 0 amide bonds. The quantitative estimate of drug-likeness (QED) is 0.657. The van der Waals surface area contributed by atoms with E-state index in [4.69, 9.17) is 5.26 Å². The summed E-state index contributed by atoms with van der Waals surface area (Å²) in [5, 5.41) is 11.9. The molecule has 1 aliphatic heterocycles. The fraction of sp³-hybridized carbons (Fsp3) is 0.444. The van der Waals surface area contributed by atoms with E-state index in [-0.39, 0.29) is 0 Å². The number of hydrogen-bond donors (Lipinski definition) is 1. The van der Waals surface area contributed by atoms with E-state index in [1.54, 1.807) is 0 Å². The first-order valence-electron chi connectivity index (χ1n) is 3.92. The largest absolute Gasteiger partial charge is 0.313 e. The average molecular weight is 180 g/mol. The summed E-state index contributed by atoms with van der Waals surface area (Å²) in [6.45, 7) is 1.95. The summed E-state index contributed by atoms with van der Waals surface area (Å²) >= 11 is 1.50. The summed E-state index contributed by atoms with van der Waals surface area (Å²) in [6, 6.07) is 2.16. The number of thioether (sulfide) groups is 1. The first-order chi connectivity index (χ1) is 5.86. The zero-order valence-electron chi connectivity index (χ0n) is 7.13. The summed E-state index contributed by atoms with van der Waals surface area (Å²) < 4.78 is 0. The molecule has 0 aromatic carbocycles. The van der Waals surface area contributed by atoms with Crippen molar-refractivity contribution in [2.45, 2.75) is 6.42 Å². The molecule has 0 radical (unpaired) electrons. The van der Waals surface area contributed by atoms with Crippen LogP contribution in [0.15, 0.2) is 22.6 Å². The van der Waals surface area contributed by atoms with E-state index in [2.05, 4.69) is 17.5 Å². The van der Waals surface area contributed by atoms with Gasteiger partial charge >= 0.3 is 0 Å². The third-order valence-corrected chi connectivity index (χ3v) is 2.39. The summed E-state index contributed by atoms with van der Waals surface area (Å²) in [5.41, 5.74) is 1.28. The SMILES string of the molecule is CS/C(C#N)=C\C1=CCNCC1. The maximum atomic E-state index is 8.67. The van der Waals surface area contributed by atoms with E-state index >= 15 is 0 Å². The Bertz CT molecular complexity index is 248. The Balaban J connectivity index is 2.64. The second-order valence-corrected chi connectivity index (χ2v) is 3.41. The fourth-order valence-electron chi connectivity index (χ4n) is 1.08. The first kappa shape index (κ1) is 9.37. The number of hydrogen-bond acceptors (Lipinski definition) is 3. The van der Waals surface area contributed by atoms with Crippen molar-refractivity contribution >= 4 is 11.8 Å². The van der Waals surface area contributed by atoms with Crippen molar-refractivity contribution in [3.05, 3.63) is 22.6 Å². The number of nitrogens with one attached hydrogen (secondary N) is 1. The third kappa shape index (κ3) is 2.72. The molecule has 1 N–H and O–H groups in total. The van der Waals surface area contributed by atoms with Crippen LogP contribution < -0.4 is 5.32 Å². The molecule has 0 atom stereocenters. The lowest BCUT2D eigenvalue weighted by Crippen LogP contribution is -2.19. The molecule has 1 rings (SSSR count). The molecule has 12 heavy (non-hydrogen) atoms. The smallest absolute Gasteiger partial charge is 0.106 e.